The Morgan fingerprint density at radius 2 is 2.15 bits per heavy atom. The highest BCUT2D eigenvalue weighted by molar-refractivity contribution is 7.99. The zero-order valence-electron chi connectivity index (χ0n) is 11.7. The van der Waals surface area contributed by atoms with Crippen LogP contribution in [0.15, 0.2) is 34.3 Å². The molecule has 0 amide bonds. The number of hydrogen-bond donors (Lipinski definition) is 1. The van der Waals surface area contributed by atoms with E-state index in [1.807, 2.05) is 10.6 Å². The third-order valence-electron chi connectivity index (χ3n) is 2.90. The molecule has 108 valence electrons. The Balaban J connectivity index is 2.03. The van der Waals surface area contributed by atoms with Crippen molar-refractivity contribution in [3.63, 3.8) is 0 Å². The molecule has 0 aliphatic rings. The molecular weight excluding hydrogens is 274 g/mol. The number of aryl methyl sites for hydroxylation is 1. The fraction of sp³-hybridized carbons (Fsp3) is 0.462. The Labute approximate surface area is 122 Å². The predicted octanol–water partition coefficient (Wildman–Crippen LogP) is 1.27. The molecule has 6 nitrogen and oxygen atoms in total. The van der Waals surface area contributed by atoms with Crippen LogP contribution in [0.2, 0.25) is 0 Å². The molecule has 0 saturated carbocycles. The standard InChI is InChI=1S/C13H19N5OS/c1-10(2)18-11(9-14)15-16-13(18)20-8-7-17-6-4-3-5-12(17)19/h3-6,10H,7-9,14H2,1-2H3. The molecule has 0 bridgehead atoms. The summed E-state index contributed by atoms with van der Waals surface area (Å²) in [6.07, 6.45) is 1.79. The molecule has 0 aliphatic heterocycles. The van der Waals surface area contributed by atoms with E-state index in [1.165, 1.54) is 0 Å². The van der Waals surface area contributed by atoms with Crippen LogP contribution in [0, 0.1) is 0 Å². The zero-order chi connectivity index (χ0) is 14.5. The summed E-state index contributed by atoms with van der Waals surface area (Å²) in [5.41, 5.74) is 5.68. The number of pyridine rings is 1. The van der Waals surface area contributed by atoms with E-state index >= 15 is 0 Å². The lowest BCUT2D eigenvalue weighted by molar-refractivity contribution is 0.526. The van der Waals surface area contributed by atoms with E-state index in [0.717, 1.165) is 16.7 Å². The first-order valence-electron chi connectivity index (χ1n) is 6.55. The number of nitrogens with zero attached hydrogens (tertiary/aromatic N) is 4. The molecule has 0 aliphatic carbocycles. The van der Waals surface area contributed by atoms with Crippen molar-refractivity contribution in [2.24, 2.45) is 5.73 Å². The van der Waals surface area contributed by atoms with Gasteiger partial charge in [0.1, 0.15) is 5.82 Å². The van der Waals surface area contributed by atoms with Crippen molar-refractivity contribution < 1.29 is 0 Å². The molecule has 0 fully saturated rings. The highest BCUT2D eigenvalue weighted by Crippen LogP contribution is 2.21. The second kappa shape index (κ2) is 6.71. The van der Waals surface area contributed by atoms with Gasteiger partial charge in [0.2, 0.25) is 0 Å². The van der Waals surface area contributed by atoms with Crippen LogP contribution in [0.5, 0.6) is 0 Å². The van der Waals surface area contributed by atoms with Crippen LogP contribution in [0.3, 0.4) is 0 Å². The molecule has 0 radical (unpaired) electrons. The van der Waals surface area contributed by atoms with Crippen molar-refractivity contribution in [2.75, 3.05) is 5.75 Å². The van der Waals surface area contributed by atoms with Crippen LogP contribution in [-0.4, -0.2) is 25.1 Å². The van der Waals surface area contributed by atoms with E-state index in [1.54, 1.807) is 34.7 Å². The molecule has 0 unspecified atom stereocenters. The minimum atomic E-state index is 0.0149. The zero-order valence-corrected chi connectivity index (χ0v) is 12.5. The molecule has 2 rings (SSSR count). The molecule has 2 heterocycles. The van der Waals surface area contributed by atoms with Crippen molar-refractivity contribution in [3.05, 3.63) is 40.6 Å². The molecular formula is C13H19N5OS. The number of thioether (sulfide) groups is 1. The molecule has 2 aromatic rings. The van der Waals surface area contributed by atoms with Gasteiger partial charge in [0.15, 0.2) is 5.16 Å². The average Bonchev–Trinajstić information content (AvgIpc) is 2.84. The second-order valence-corrected chi connectivity index (χ2v) is 5.71. The van der Waals surface area contributed by atoms with Crippen LogP contribution in [0.1, 0.15) is 25.7 Å². The molecule has 0 atom stereocenters. The fourth-order valence-corrected chi connectivity index (χ4v) is 2.97. The summed E-state index contributed by atoms with van der Waals surface area (Å²) in [4.78, 5) is 11.6. The first-order chi connectivity index (χ1) is 9.63. The lowest BCUT2D eigenvalue weighted by Gasteiger charge is -2.12. The molecule has 7 heteroatoms. The van der Waals surface area contributed by atoms with Crippen molar-refractivity contribution in [3.8, 4) is 0 Å². The molecule has 20 heavy (non-hydrogen) atoms. The lowest BCUT2D eigenvalue weighted by atomic mass is 10.4. The number of rotatable bonds is 6. The van der Waals surface area contributed by atoms with Crippen LogP contribution < -0.4 is 11.3 Å². The van der Waals surface area contributed by atoms with Gasteiger partial charge in [-0.3, -0.25) is 4.79 Å². The largest absolute Gasteiger partial charge is 0.324 e. The minimum Gasteiger partial charge on any atom is -0.324 e. The molecule has 0 saturated heterocycles. The summed E-state index contributed by atoms with van der Waals surface area (Å²) in [5.74, 6) is 1.55. The number of aromatic nitrogens is 4. The number of nitrogens with two attached hydrogens (primary N) is 1. The topological polar surface area (TPSA) is 78.7 Å². The van der Waals surface area contributed by atoms with Crippen LogP contribution in [0.4, 0.5) is 0 Å². The monoisotopic (exact) mass is 293 g/mol. The lowest BCUT2D eigenvalue weighted by Crippen LogP contribution is -2.19. The summed E-state index contributed by atoms with van der Waals surface area (Å²) in [6, 6.07) is 5.43. The maximum Gasteiger partial charge on any atom is 0.250 e. The summed E-state index contributed by atoms with van der Waals surface area (Å²) < 4.78 is 3.73. The quantitative estimate of drug-likeness (QED) is 0.811. The number of hydrogen-bond acceptors (Lipinski definition) is 5. The van der Waals surface area contributed by atoms with E-state index < -0.39 is 0 Å². The van der Waals surface area contributed by atoms with Gasteiger partial charge in [-0.2, -0.15) is 0 Å². The average molecular weight is 293 g/mol. The summed E-state index contributed by atoms with van der Waals surface area (Å²) in [7, 11) is 0. The van der Waals surface area contributed by atoms with Crippen LogP contribution in [0.25, 0.3) is 0 Å². The van der Waals surface area contributed by atoms with Gasteiger partial charge in [-0.15, -0.1) is 10.2 Å². The Bertz CT molecular complexity index is 619. The van der Waals surface area contributed by atoms with Crippen molar-refractivity contribution in [2.45, 2.75) is 38.1 Å². The highest BCUT2D eigenvalue weighted by Gasteiger charge is 2.13. The normalized spacial score (nSPS) is 11.2. The molecule has 2 aromatic heterocycles. The van der Waals surface area contributed by atoms with Crippen molar-refractivity contribution >= 4 is 11.8 Å². The fourth-order valence-electron chi connectivity index (χ4n) is 1.94. The van der Waals surface area contributed by atoms with Crippen molar-refractivity contribution in [1.82, 2.24) is 19.3 Å². The van der Waals surface area contributed by atoms with E-state index in [0.29, 0.717) is 13.1 Å². The van der Waals surface area contributed by atoms with E-state index in [-0.39, 0.29) is 11.6 Å². The Kier molecular flexibility index (Phi) is 4.97. The Morgan fingerprint density at radius 3 is 2.80 bits per heavy atom. The maximum atomic E-state index is 11.6. The maximum absolute atomic E-state index is 11.6. The first-order valence-corrected chi connectivity index (χ1v) is 7.54. The van der Waals surface area contributed by atoms with E-state index in [4.69, 9.17) is 5.73 Å². The summed E-state index contributed by atoms with van der Waals surface area (Å²) >= 11 is 1.59. The van der Waals surface area contributed by atoms with Gasteiger partial charge < -0.3 is 14.9 Å². The van der Waals surface area contributed by atoms with Gasteiger partial charge in [-0.25, -0.2) is 0 Å². The smallest absolute Gasteiger partial charge is 0.250 e. The van der Waals surface area contributed by atoms with Gasteiger partial charge in [-0.05, 0) is 19.9 Å². The summed E-state index contributed by atoms with van der Waals surface area (Å²) in [6.45, 7) is 5.18. The second-order valence-electron chi connectivity index (χ2n) is 4.65. The van der Waals surface area contributed by atoms with Gasteiger partial charge >= 0.3 is 0 Å². The molecule has 0 aromatic carbocycles. The third kappa shape index (κ3) is 3.29. The third-order valence-corrected chi connectivity index (χ3v) is 3.82. The van der Waals surface area contributed by atoms with Crippen molar-refractivity contribution in [1.29, 1.82) is 0 Å². The van der Waals surface area contributed by atoms with Crippen LogP contribution >= 0.6 is 11.8 Å². The SMILES string of the molecule is CC(C)n1c(CN)nnc1SCCn1ccccc1=O. The molecule has 0 spiro atoms. The molecule has 2 N–H and O–H groups in total. The highest BCUT2D eigenvalue weighted by atomic mass is 32.2. The Morgan fingerprint density at radius 1 is 1.35 bits per heavy atom. The van der Waals surface area contributed by atoms with E-state index in [2.05, 4.69) is 24.0 Å². The predicted molar refractivity (Wildman–Crippen MR) is 79.7 cm³/mol. The van der Waals surface area contributed by atoms with Gasteiger partial charge in [-0.1, -0.05) is 17.8 Å². The van der Waals surface area contributed by atoms with Crippen LogP contribution in [-0.2, 0) is 13.1 Å². The van der Waals surface area contributed by atoms with Gasteiger partial charge in [0.05, 0.1) is 6.54 Å². The van der Waals surface area contributed by atoms with Gasteiger partial charge in [0, 0.05) is 30.6 Å². The Hall–Kier alpha value is -1.60. The minimum absolute atomic E-state index is 0.0149. The summed E-state index contributed by atoms with van der Waals surface area (Å²) in [5, 5.41) is 9.12. The van der Waals surface area contributed by atoms with Gasteiger partial charge in [0.25, 0.3) is 5.56 Å². The first kappa shape index (κ1) is 14.8. The van der Waals surface area contributed by atoms with E-state index in [9.17, 15) is 4.79 Å².